The summed E-state index contributed by atoms with van der Waals surface area (Å²) in [7, 11) is 0. The van der Waals surface area contributed by atoms with Gasteiger partial charge in [0.25, 0.3) is 0 Å². The minimum absolute atomic E-state index is 0.0441. The summed E-state index contributed by atoms with van der Waals surface area (Å²) in [6.07, 6.45) is 3.55. The number of aliphatic carboxylic acids is 1. The van der Waals surface area contributed by atoms with E-state index in [4.69, 9.17) is 5.11 Å². The topological polar surface area (TPSA) is 62.2 Å². The molecule has 0 atom stereocenters. The van der Waals surface area contributed by atoms with Gasteiger partial charge in [0, 0.05) is 30.9 Å². The number of aromatic nitrogens is 1. The van der Waals surface area contributed by atoms with Crippen molar-refractivity contribution in [3.05, 3.63) is 30.1 Å². The second kappa shape index (κ2) is 5.48. The van der Waals surface area contributed by atoms with E-state index in [2.05, 4.69) is 24.1 Å². The Labute approximate surface area is 108 Å². The lowest BCUT2D eigenvalue weighted by Crippen LogP contribution is -2.41. The maximum absolute atomic E-state index is 11.0. The second-order valence-corrected chi connectivity index (χ2v) is 5.91. The normalized spacial score (nSPS) is 12.4. The third kappa shape index (κ3) is 3.81. The van der Waals surface area contributed by atoms with E-state index in [1.165, 1.54) is 5.56 Å². The number of nitrogens with zero attached hydrogens (tertiary/aromatic N) is 1. The fourth-order valence-electron chi connectivity index (χ4n) is 1.67. The number of carbonyl (C=O) groups is 1. The van der Waals surface area contributed by atoms with Gasteiger partial charge in [-0.25, -0.2) is 0 Å². The number of hydrogen-bond donors (Lipinski definition) is 2. The molecule has 1 heterocycles. The Hall–Kier alpha value is -1.42. The molecule has 1 rings (SSSR count). The fourth-order valence-corrected chi connectivity index (χ4v) is 1.67. The Morgan fingerprint density at radius 2 is 1.78 bits per heavy atom. The number of rotatable bonds is 6. The van der Waals surface area contributed by atoms with Crippen molar-refractivity contribution in [2.45, 2.75) is 33.1 Å². The van der Waals surface area contributed by atoms with Gasteiger partial charge in [-0.05, 0) is 31.5 Å². The van der Waals surface area contributed by atoms with Crippen LogP contribution >= 0.6 is 0 Å². The third-order valence-corrected chi connectivity index (χ3v) is 3.17. The zero-order valence-corrected chi connectivity index (χ0v) is 11.5. The van der Waals surface area contributed by atoms with Crippen molar-refractivity contribution in [3.63, 3.8) is 0 Å². The van der Waals surface area contributed by atoms with Crippen molar-refractivity contribution < 1.29 is 9.90 Å². The molecule has 0 radical (unpaired) electrons. The highest BCUT2D eigenvalue weighted by Crippen LogP contribution is 2.22. The van der Waals surface area contributed by atoms with E-state index in [9.17, 15) is 4.79 Å². The Morgan fingerprint density at radius 1 is 1.22 bits per heavy atom. The lowest BCUT2D eigenvalue weighted by atomic mass is 9.84. The van der Waals surface area contributed by atoms with E-state index in [0.29, 0.717) is 6.54 Å². The van der Waals surface area contributed by atoms with Crippen molar-refractivity contribution in [2.24, 2.45) is 5.41 Å². The molecule has 4 heteroatoms. The molecular formula is C14H22N2O2. The second-order valence-electron chi connectivity index (χ2n) is 5.91. The van der Waals surface area contributed by atoms with Gasteiger partial charge in [-0.3, -0.25) is 9.78 Å². The van der Waals surface area contributed by atoms with Gasteiger partial charge >= 0.3 is 5.97 Å². The first-order valence-corrected chi connectivity index (χ1v) is 6.10. The van der Waals surface area contributed by atoms with E-state index >= 15 is 0 Å². The molecule has 18 heavy (non-hydrogen) atoms. The molecule has 0 bridgehead atoms. The lowest BCUT2D eigenvalue weighted by molar-refractivity contribution is -0.146. The zero-order chi connectivity index (χ0) is 13.8. The van der Waals surface area contributed by atoms with Crippen LogP contribution in [0.3, 0.4) is 0 Å². The molecule has 0 spiro atoms. The van der Waals surface area contributed by atoms with Crippen LogP contribution in [-0.4, -0.2) is 29.1 Å². The third-order valence-electron chi connectivity index (χ3n) is 3.17. The van der Waals surface area contributed by atoms with Crippen molar-refractivity contribution in [1.29, 1.82) is 0 Å². The first-order valence-electron chi connectivity index (χ1n) is 6.10. The van der Waals surface area contributed by atoms with Crippen LogP contribution in [0, 0.1) is 5.41 Å². The Kier molecular flexibility index (Phi) is 4.46. The lowest BCUT2D eigenvalue weighted by Gasteiger charge is -2.28. The molecule has 0 unspecified atom stereocenters. The van der Waals surface area contributed by atoms with Gasteiger partial charge in [-0.15, -0.1) is 0 Å². The maximum Gasteiger partial charge on any atom is 0.310 e. The molecule has 0 saturated carbocycles. The van der Waals surface area contributed by atoms with Crippen LogP contribution in [0.1, 0.15) is 33.3 Å². The number of pyridine rings is 1. The minimum Gasteiger partial charge on any atom is -0.481 e. The van der Waals surface area contributed by atoms with Gasteiger partial charge in [0.15, 0.2) is 0 Å². The van der Waals surface area contributed by atoms with Crippen LogP contribution in [0.15, 0.2) is 24.5 Å². The molecule has 100 valence electrons. The first-order chi connectivity index (χ1) is 8.26. The SMILES string of the molecule is CC(C)(CNCC(C)(C)c1ccncc1)C(=O)O. The van der Waals surface area contributed by atoms with E-state index < -0.39 is 11.4 Å². The summed E-state index contributed by atoms with van der Waals surface area (Å²) in [5, 5.41) is 12.3. The molecule has 1 aromatic heterocycles. The molecule has 0 aliphatic rings. The highest BCUT2D eigenvalue weighted by atomic mass is 16.4. The van der Waals surface area contributed by atoms with Crippen LogP contribution in [0.25, 0.3) is 0 Å². The molecule has 0 aromatic carbocycles. The largest absolute Gasteiger partial charge is 0.481 e. The Balaban J connectivity index is 2.56. The van der Waals surface area contributed by atoms with Crippen LogP contribution in [0.2, 0.25) is 0 Å². The van der Waals surface area contributed by atoms with Crippen molar-refractivity contribution in [3.8, 4) is 0 Å². The van der Waals surface area contributed by atoms with Crippen molar-refractivity contribution >= 4 is 5.97 Å². The maximum atomic E-state index is 11.0. The van der Waals surface area contributed by atoms with E-state index in [1.807, 2.05) is 12.1 Å². The fraction of sp³-hybridized carbons (Fsp3) is 0.571. The van der Waals surface area contributed by atoms with E-state index in [1.54, 1.807) is 26.2 Å². The van der Waals surface area contributed by atoms with Crippen molar-refractivity contribution in [1.82, 2.24) is 10.3 Å². The molecule has 0 fully saturated rings. The summed E-state index contributed by atoms with van der Waals surface area (Å²) in [6.45, 7) is 8.89. The van der Waals surface area contributed by atoms with Crippen LogP contribution in [-0.2, 0) is 10.2 Å². The van der Waals surface area contributed by atoms with Crippen LogP contribution in [0.5, 0.6) is 0 Å². The monoisotopic (exact) mass is 250 g/mol. The van der Waals surface area contributed by atoms with Crippen LogP contribution < -0.4 is 5.32 Å². The average Bonchev–Trinajstić information content (AvgIpc) is 2.29. The first kappa shape index (κ1) is 14.6. The van der Waals surface area contributed by atoms with Gasteiger partial charge in [0.1, 0.15) is 0 Å². The Morgan fingerprint density at radius 3 is 2.28 bits per heavy atom. The average molecular weight is 250 g/mol. The number of carboxylic acid groups (broad SMARTS) is 1. The molecule has 2 N–H and O–H groups in total. The van der Waals surface area contributed by atoms with Gasteiger partial charge in [-0.2, -0.15) is 0 Å². The molecule has 0 amide bonds. The van der Waals surface area contributed by atoms with E-state index in [-0.39, 0.29) is 5.41 Å². The van der Waals surface area contributed by atoms with Crippen molar-refractivity contribution in [2.75, 3.05) is 13.1 Å². The summed E-state index contributed by atoms with van der Waals surface area (Å²) in [5.41, 5.74) is 0.407. The summed E-state index contributed by atoms with van der Waals surface area (Å²) < 4.78 is 0. The molecular weight excluding hydrogens is 228 g/mol. The molecule has 1 aromatic rings. The Bertz CT molecular complexity index is 400. The molecule has 0 aliphatic carbocycles. The van der Waals surface area contributed by atoms with Gasteiger partial charge < -0.3 is 10.4 Å². The minimum atomic E-state index is -0.781. The summed E-state index contributed by atoms with van der Waals surface area (Å²) in [5.74, 6) is -0.781. The quantitative estimate of drug-likeness (QED) is 0.811. The number of hydrogen-bond acceptors (Lipinski definition) is 3. The molecule has 4 nitrogen and oxygen atoms in total. The summed E-state index contributed by atoms with van der Waals surface area (Å²) >= 11 is 0. The number of nitrogens with one attached hydrogen (secondary N) is 1. The zero-order valence-electron chi connectivity index (χ0n) is 11.5. The highest BCUT2D eigenvalue weighted by Gasteiger charge is 2.28. The standard InChI is InChI=1S/C14H22N2O2/c1-13(2,11-5-7-15-8-6-11)9-16-10-14(3,4)12(17)18/h5-8,16H,9-10H2,1-4H3,(H,17,18). The summed E-state index contributed by atoms with van der Waals surface area (Å²) in [4.78, 5) is 15.0. The molecule has 0 saturated heterocycles. The predicted octanol–water partition coefficient (Wildman–Crippen LogP) is 2.06. The highest BCUT2D eigenvalue weighted by molar-refractivity contribution is 5.73. The smallest absolute Gasteiger partial charge is 0.310 e. The van der Waals surface area contributed by atoms with Gasteiger partial charge in [-0.1, -0.05) is 13.8 Å². The van der Waals surface area contributed by atoms with Gasteiger partial charge in [0.05, 0.1) is 5.41 Å². The predicted molar refractivity (Wildman–Crippen MR) is 71.5 cm³/mol. The number of carboxylic acids is 1. The van der Waals surface area contributed by atoms with Gasteiger partial charge in [0.2, 0.25) is 0 Å². The van der Waals surface area contributed by atoms with E-state index in [0.717, 1.165) is 6.54 Å². The molecule has 0 aliphatic heterocycles. The van der Waals surface area contributed by atoms with Crippen LogP contribution in [0.4, 0.5) is 0 Å². The summed E-state index contributed by atoms with van der Waals surface area (Å²) in [6, 6.07) is 3.98.